The molecule has 0 saturated heterocycles. The molecule has 1 atom stereocenters. The Kier molecular flexibility index (Phi) is 35.9. The molecule has 0 fully saturated rings. The van der Waals surface area contributed by atoms with Crippen LogP contribution in [0.4, 0.5) is 23.2 Å². The van der Waals surface area contributed by atoms with Gasteiger partial charge in [-0.2, -0.15) is 8.78 Å². The van der Waals surface area contributed by atoms with Crippen molar-refractivity contribution in [3.8, 4) is 16.9 Å². The number of hydroxylamine groups is 2. The number of nitrogens with two attached hydrogens (primary N) is 1. The summed E-state index contributed by atoms with van der Waals surface area (Å²) in [5.74, 6) is -11.7. The highest BCUT2D eigenvalue weighted by Gasteiger charge is 2.31. The zero-order valence-corrected chi connectivity index (χ0v) is 48.4. The van der Waals surface area contributed by atoms with Crippen LogP contribution in [0.15, 0.2) is 46.1 Å². The summed E-state index contributed by atoms with van der Waals surface area (Å²) in [4.78, 5) is 66.8. The molecule has 0 radical (unpaired) electrons. The third-order valence-corrected chi connectivity index (χ3v) is 11.9. The SMILES string of the molecule is CCCN(OCCNC(=O)COC)C(=O)C1=Cc2ccc(-c3cnc(CNC(=O)CCOCCOCCOCCOCCOCCOCCOCCOCCOCCOCCC(=O)Oc4c(F)c(F)c(S(=O)O)c(F)c4F)nc3)cc2N=C(N)C1. The summed E-state index contributed by atoms with van der Waals surface area (Å²) >= 11 is -3.36. The minimum Gasteiger partial charge on any atom is -0.420 e. The van der Waals surface area contributed by atoms with Crippen LogP contribution in [0, 0.1) is 23.3 Å². The van der Waals surface area contributed by atoms with Crippen molar-refractivity contribution in [1.29, 1.82) is 0 Å². The lowest BCUT2D eigenvalue weighted by molar-refractivity contribution is -0.181. The van der Waals surface area contributed by atoms with Gasteiger partial charge >= 0.3 is 5.97 Å². The molecule has 1 aromatic heterocycles. The second-order valence-electron chi connectivity index (χ2n) is 17.7. The van der Waals surface area contributed by atoms with E-state index in [1.165, 1.54) is 12.2 Å². The molecule has 1 aliphatic heterocycles. The average molecular weight is 1230 g/mol. The van der Waals surface area contributed by atoms with Gasteiger partial charge in [-0.3, -0.25) is 24.0 Å². The number of amides is 3. The zero-order valence-electron chi connectivity index (χ0n) is 47.6. The summed E-state index contributed by atoms with van der Waals surface area (Å²) in [6.45, 7) is 8.46. The second kappa shape index (κ2) is 42.7. The number of rotatable bonds is 47. The molecule has 3 amide bonds. The highest BCUT2D eigenvalue weighted by atomic mass is 32.2. The molecule has 1 aliphatic rings. The van der Waals surface area contributed by atoms with Crippen molar-refractivity contribution >= 4 is 52.4 Å². The highest BCUT2D eigenvalue weighted by molar-refractivity contribution is 7.79. The molecule has 0 bridgehead atoms. The van der Waals surface area contributed by atoms with Crippen LogP contribution in [0.2, 0.25) is 0 Å². The first-order chi connectivity index (χ1) is 41.2. The predicted molar refractivity (Wildman–Crippen MR) is 294 cm³/mol. The number of esters is 1. The molecule has 3 aromatic rings. The van der Waals surface area contributed by atoms with Crippen molar-refractivity contribution < 1.29 is 107 Å². The molecule has 0 saturated carbocycles. The Labute approximate surface area is 491 Å². The summed E-state index contributed by atoms with van der Waals surface area (Å²) in [5, 5.41) is 6.73. The van der Waals surface area contributed by atoms with Crippen LogP contribution in [0.5, 0.6) is 5.75 Å². The average Bonchev–Trinajstić information content (AvgIpc) is 2.98. The molecule has 4 rings (SSSR count). The van der Waals surface area contributed by atoms with Gasteiger partial charge in [0, 0.05) is 62.1 Å². The van der Waals surface area contributed by atoms with E-state index in [0.29, 0.717) is 128 Å². The van der Waals surface area contributed by atoms with Gasteiger partial charge in [0.25, 0.3) is 5.91 Å². The number of aromatic nitrogens is 2. The molecule has 0 spiro atoms. The van der Waals surface area contributed by atoms with E-state index in [9.17, 15) is 40.9 Å². The Hall–Kier alpha value is -6.04. The molecule has 1 unspecified atom stereocenters. The number of aliphatic imine (C=N–C) groups is 1. The number of methoxy groups -OCH3 is 1. The van der Waals surface area contributed by atoms with Crippen LogP contribution < -0.4 is 21.1 Å². The summed E-state index contributed by atoms with van der Waals surface area (Å²) in [7, 11) is 1.43. The fourth-order valence-electron chi connectivity index (χ4n) is 7.09. The van der Waals surface area contributed by atoms with Crippen LogP contribution in [0.3, 0.4) is 0 Å². The van der Waals surface area contributed by atoms with Gasteiger partial charge in [0.1, 0.15) is 23.2 Å². The molecule has 2 heterocycles. The van der Waals surface area contributed by atoms with Gasteiger partial charge < -0.3 is 77.8 Å². The van der Waals surface area contributed by atoms with Crippen molar-refractivity contribution in [3.05, 3.63) is 70.8 Å². The van der Waals surface area contributed by atoms with E-state index in [-0.39, 0.29) is 102 Å². The normalized spacial score (nSPS) is 12.5. The van der Waals surface area contributed by atoms with Gasteiger partial charge in [-0.25, -0.2) is 33.0 Å². The van der Waals surface area contributed by atoms with Gasteiger partial charge in [-0.05, 0) is 24.1 Å². The Morgan fingerprint density at radius 3 is 1.60 bits per heavy atom. The first kappa shape index (κ1) is 71.4. The topological polar surface area (TPSA) is 317 Å². The summed E-state index contributed by atoms with van der Waals surface area (Å²) < 4.78 is 139. The minimum absolute atomic E-state index is 0.0479. The van der Waals surface area contributed by atoms with E-state index in [4.69, 9.17) is 67.2 Å². The van der Waals surface area contributed by atoms with Gasteiger partial charge in [0.15, 0.2) is 22.7 Å². The van der Waals surface area contributed by atoms with E-state index >= 15 is 0 Å². The molecule has 474 valence electrons. The lowest BCUT2D eigenvalue weighted by Gasteiger charge is -2.22. The summed E-state index contributed by atoms with van der Waals surface area (Å²) in [5.41, 5.74) is 9.45. The minimum atomic E-state index is -3.36. The number of nitrogens with one attached hydrogen (secondary N) is 2. The van der Waals surface area contributed by atoms with Gasteiger partial charge in [0.2, 0.25) is 29.2 Å². The van der Waals surface area contributed by atoms with E-state index in [1.807, 2.05) is 25.1 Å². The third-order valence-electron chi connectivity index (χ3n) is 11.2. The number of benzene rings is 2. The zero-order chi connectivity index (χ0) is 61.4. The Morgan fingerprint density at radius 2 is 1.13 bits per heavy atom. The number of fused-ring (bicyclic) bond motifs is 1. The Bertz CT molecular complexity index is 2570. The van der Waals surface area contributed by atoms with E-state index in [1.54, 1.807) is 18.5 Å². The summed E-state index contributed by atoms with van der Waals surface area (Å²) in [6.07, 6.45) is 5.45. The number of hydrogen-bond acceptors (Lipinski definition) is 22. The van der Waals surface area contributed by atoms with E-state index in [2.05, 4.69) is 30.3 Å². The van der Waals surface area contributed by atoms with Gasteiger partial charge in [-0.15, -0.1) is 0 Å². The molecule has 0 aliphatic carbocycles. The number of halogens is 4. The third kappa shape index (κ3) is 28.4. The molecular formula is C54H75F4N7O19S. The lowest BCUT2D eigenvalue weighted by atomic mass is 10.0. The number of carbonyl (C=O) groups excluding carboxylic acids is 4. The molecule has 26 nitrogen and oxygen atoms in total. The van der Waals surface area contributed by atoms with Crippen molar-refractivity contribution in [2.24, 2.45) is 10.7 Å². The second-order valence-corrected chi connectivity index (χ2v) is 18.6. The van der Waals surface area contributed by atoms with Crippen LogP contribution >= 0.6 is 0 Å². The van der Waals surface area contributed by atoms with Crippen LogP contribution in [-0.4, -0.2) is 219 Å². The molecule has 5 N–H and O–H groups in total. The highest BCUT2D eigenvalue weighted by Crippen LogP contribution is 2.33. The van der Waals surface area contributed by atoms with Gasteiger partial charge in [0.05, 0.1) is 157 Å². The first-order valence-electron chi connectivity index (χ1n) is 27.1. The number of hydrogen-bond donors (Lipinski definition) is 4. The first-order valence-corrected chi connectivity index (χ1v) is 28.3. The van der Waals surface area contributed by atoms with Crippen molar-refractivity contribution in [2.45, 2.75) is 44.0 Å². The number of nitrogens with zero attached hydrogens (tertiary/aromatic N) is 4. The van der Waals surface area contributed by atoms with Gasteiger partial charge in [-0.1, -0.05) is 19.1 Å². The van der Waals surface area contributed by atoms with E-state index in [0.717, 1.165) is 11.1 Å². The number of ether oxygens (including phenoxy) is 12. The fourth-order valence-corrected chi connectivity index (χ4v) is 7.57. The maximum Gasteiger partial charge on any atom is 0.313 e. The molecular weight excluding hydrogens is 1160 g/mol. The Balaban J connectivity index is 0.881. The monoisotopic (exact) mass is 1230 g/mol. The molecule has 31 heteroatoms. The van der Waals surface area contributed by atoms with E-state index < -0.39 is 57.4 Å². The predicted octanol–water partition coefficient (Wildman–Crippen LogP) is 3.16. The quantitative estimate of drug-likeness (QED) is 0.0120. The maximum absolute atomic E-state index is 14.0. The van der Waals surface area contributed by atoms with Crippen molar-refractivity contribution in [2.75, 3.05) is 166 Å². The fraction of sp³-hybridized carbons (Fsp3) is 0.574. The van der Waals surface area contributed by atoms with Crippen molar-refractivity contribution in [1.82, 2.24) is 25.7 Å². The summed E-state index contributed by atoms with van der Waals surface area (Å²) in [6, 6.07) is 5.55. The molecule has 85 heavy (non-hydrogen) atoms. The maximum atomic E-state index is 14.0. The van der Waals surface area contributed by atoms with Crippen molar-refractivity contribution in [3.63, 3.8) is 0 Å². The van der Waals surface area contributed by atoms with Crippen LogP contribution in [0.25, 0.3) is 17.2 Å². The number of amidine groups is 1. The standard InChI is InChI=1S/C54H75F4N7O19S/c1-3-9-65(83-12-8-60-46(67)37-72-2)54(69)40-31-39-5-4-38(32-42(39)64-43(59)33-40)41-34-61-44(62-35-41)36-63-45(66)6-10-73-13-15-75-17-19-77-21-23-79-25-27-81-29-30-82-28-26-80-24-22-78-20-18-76-16-14-74-11-7-47(68)84-52-48(55)50(57)53(85(70)71)51(58)49(52)56/h4-5,31-32,34-35H,3,6-30,33,36-37H2,1-2H3,(H2,59,64)(H,60,67)(H,63,66)(H,70,71). The van der Waals surface area contributed by atoms with Crippen LogP contribution in [-0.2, 0) is 93.7 Å². The lowest BCUT2D eigenvalue weighted by Crippen LogP contribution is -2.37. The Morgan fingerprint density at radius 1 is 0.647 bits per heavy atom. The largest absolute Gasteiger partial charge is 0.420 e. The smallest absolute Gasteiger partial charge is 0.313 e. The molecule has 2 aromatic carbocycles. The number of carbonyl (C=O) groups is 4. The van der Waals surface area contributed by atoms with Crippen LogP contribution in [0.1, 0.15) is 44.0 Å².